The van der Waals surface area contributed by atoms with Gasteiger partial charge >= 0.3 is 0 Å². The second-order valence-electron chi connectivity index (χ2n) is 6.36. The third-order valence-corrected chi connectivity index (χ3v) is 4.84. The van der Waals surface area contributed by atoms with Crippen LogP contribution < -0.4 is 6.15 Å². The summed E-state index contributed by atoms with van der Waals surface area (Å²) in [5, 5.41) is 8.74. The largest absolute Gasteiger partial charge is 0.508 e. The fourth-order valence-electron chi connectivity index (χ4n) is 2.72. The molecule has 5 rings (SSSR count). The molecule has 3 saturated heterocycles. The fourth-order valence-corrected chi connectivity index (χ4v) is 2.98. The van der Waals surface area contributed by atoms with Gasteiger partial charge in [0.05, 0.1) is 5.70 Å². The lowest BCUT2D eigenvalue weighted by atomic mass is 10.0. The molecule has 3 heterocycles. The van der Waals surface area contributed by atoms with Crippen molar-refractivity contribution in [1.29, 1.82) is 0 Å². The number of carbonyl (C=O) groups excluding carboxylic acids is 2. The lowest BCUT2D eigenvalue weighted by molar-refractivity contribution is -0.117. The van der Waals surface area contributed by atoms with E-state index in [-0.39, 0.29) is 17.7 Å². The van der Waals surface area contributed by atoms with Crippen LogP contribution in [-0.2, 0) is 9.59 Å². The van der Waals surface area contributed by atoms with Gasteiger partial charge in [0, 0.05) is 49.8 Å². The van der Waals surface area contributed by atoms with Gasteiger partial charge in [-0.2, -0.15) is 0 Å². The Morgan fingerprint density at radius 1 is 0.808 bits per heavy atom. The summed E-state index contributed by atoms with van der Waals surface area (Å²) in [6.45, 7) is 5.41. The monoisotopic (exact) mass is 420 g/mol. The molecule has 1 aromatic rings. The molecular formula is C18H21BrN4O3. The smallest absolute Gasteiger partial charge is 0.227 e. The van der Waals surface area contributed by atoms with Crippen LogP contribution in [0.5, 0.6) is 5.75 Å². The van der Waals surface area contributed by atoms with Crippen molar-refractivity contribution in [3.05, 3.63) is 51.9 Å². The maximum Gasteiger partial charge on any atom is 0.227 e. The van der Waals surface area contributed by atoms with E-state index in [1.54, 1.807) is 24.3 Å². The van der Waals surface area contributed by atoms with Gasteiger partial charge < -0.3 is 26.0 Å². The first kappa shape index (κ1) is 18.5. The summed E-state index contributed by atoms with van der Waals surface area (Å²) in [6, 6.07) is 6.83. The molecule has 138 valence electrons. The van der Waals surface area contributed by atoms with Crippen molar-refractivity contribution in [2.45, 2.75) is 0 Å². The van der Waals surface area contributed by atoms with Gasteiger partial charge in [0.25, 0.3) is 0 Å². The maximum absolute atomic E-state index is 12.4. The zero-order valence-electron chi connectivity index (χ0n) is 14.3. The second kappa shape index (κ2) is 7.13. The Balaban J connectivity index is 0.000000187. The molecule has 7 nitrogen and oxygen atoms in total. The number of phenols is 1. The lowest BCUT2D eigenvalue weighted by Crippen LogP contribution is -2.29. The first-order valence-electron chi connectivity index (χ1n) is 8.29. The highest BCUT2D eigenvalue weighted by Crippen LogP contribution is 2.33. The quantitative estimate of drug-likeness (QED) is 0.564. The third kappa shape index (κ3) is 3.91. The van der Waals surface area contributed by atoms with E-state index in [1.165, 1.54) is 6.08 Å². The zero-order valence-corrected chi connectivity index (χ0v) is 15.9. The summed E-state index contributed by atoms with van der Waals surface area (Å²) in [6.07, 6.45) is 1.52. The average Bonchev–Trinajstić information content (AvgIpc) is 3.45. The molecule has 0 unspecified atom stereocenters. The summed E-state index contributed by atoms with van der Waals surface area (Å²) in [5.74, 6) is 0.348. The van der Waals surface area contributed by atoms with E-state index in [1.807, 2.05) is 14.7 Å². The predicted octanol–water partition coefficient (Wildman–Crippen LogP) is 1.50. The van der Waals surface area contributed by atoms with Crippen LogP contribution in [0.15, 0.2) is 51.9 Å². The Morgan fingerprint density at radius 2 is 1.31 bits per heavy atom. The number of Topliss-reactive ketones (excluding diaryl/α,β-unsaturated/α-hetero) is 1. The van der Waals surface area contributed by atoms with Gasteiger partial charge in [0.15, 0.2) is 0 Å². The van der Waals surface area contributed by atoms with Crippen molar-refractivity contribution in [3.8, 4) is 5.75 Å². The number of nitrogens with zero attached hydrogens (tertiary/aromatic N) is 3. The van der Waals surface area contributed by atoms with Crippen LogP contribution in [-0.4, -0.2) is 70.6 Å². The van der Waals surface area contributed by atoms with Crippen molar-refractivity contribution in [1.82, 2.24) is 20.9 Å². The molecule has 8 heteroatoms. The van der Waals surface area contributed by atoms with Crippen LogP contribution >= 0.6 is 15.9 Å². The second-order valence-corrected chi connectivity index (χ2v) is 7.27. The number of benzene rings is 1. The number of hydrogen-bond donors (Lipinski definition) is 2. The highest BCUT2D eigenvalue weighted by atomic mass is 79.9. The van der Waals surface area contributed by atoms with Gasteiger partial charge in [-0.05, 0) is 24.3 Å². The minimum Gasteiger partial charge on any atom is -0.508 e. The molecule has 26 heavy (non-hydrogen) atoms. The highest BCUT2D eigenvalue weighted by molar-refractivity contribution is 9.10. The van der Waals surface area contributed by atoms with Gasteiger partial charge in [-0.15, -0.1) is 0 Å². The molecule has 0 atom stereocenters. The number of hydrogen-bond acceptors (Lipinski definition) is 7. The molecule has 1 aromatic carbocycles. The van der Waals surface area contributed by atoms with Crippen molar-refractivity contribution in [2.75, 3.05) is 39.3 Å². The van der Waals surface area contributed by atoms with E-state index in [9.17, 15) is 9.59 Å². The maximum atomic E-state index is 12.4. The number of ketones is 2. The molecule has 3 fully saturated rings. The standard InChI is InChI=1S/C12H13N3O2.C6H5BrO.H3N/c16-9-7-8(13-1-2-13)12(17)11(15-5-6-15)10(9)14-3-4-14;7-5-1-3-6(8)4-2-5;/h7H,1-6H2;1-4,8H;1H3. The molecule has 0 radical (unpaired) electrons. The minimum absolute atomic E-state index is 0. The molecule has 0 amide bonds. The van der Waals surface area contributed by atoms with Crippen molar-refractivity contribution in [3.63, 3.8) is 0 Å². The number of phenolic OH excluding ortho intramolecular Hbond substituents is 1. The number of carbonyl (C=O) groups is 2. The molecule has 1 aliphatic carbocycles. The summed E-state index contributed by atoms with van der Waals surface area (Å²) >= 11 is 3.23. The number of aromatic hydroxyl groups is 1. The Kier molecular flexibility index (Phi) is 5.06. The van der Waals surface area contributed by atoms with Gasteiger partial charge in [-0.3, -0.25) is 9.59 Å². The predicted molar refractivity (Wildman–Crippen MR) is 101 cm³/mol. The number of rotatable bonds is 3. The van der Waals surface area contributed by atoms with Crippen LogP contribution in [0.1, 0.15) is 0 Å². The normalized spacial score (nSPS) is 20.2. The van der Waals surface area contributed by atoms with Gasteiger partial charge in [-0.1, -0.05) is 15.9 Å². The van der Waals surface area contributed by atoms with Crippen LogP contribution in [0.2, 0.25) is 0 Å². The molecule has 4 N–H and O–H groups in total. The number of allylic oxidation sites excluding steroid dienone is 1. The molecular weight excluding hydrogens is 400 g/mol. The van der Waals surface area contributed by atoms with Crippen molar-refractivity contribution in [2.24, 2.45) is 0 Å². The minimum atomic E-state index is 0. The Labute approximate surface area is 160 Å². The fraction of sp³-hybridized carbons (Fsp3) is 0.333. The lowest BCUT2D eigenvalue weighted by Gasteiger charge is -2.21. The summed E-state index contributed by atoms with van der Waals surface area (Å²) in [7, 11) is 0. The molecule has 0 saturated carbocycles. The van der Waals surface area contributed by atoms with E-state index in [2.05, 4.69) is 15.9 Å². The first-order valence-corrected chi connectivity index (χ1v) is 9.08. The van der Waals surface area contributed by atoms with E-state index < -0.39 is 0 Å². The van der Waals surface area contributed by atoms with E-state index in [0.29, 0.717) is 22.8 Å². The third-order valence-electron chi connectivity index (χ3n) is 4.31. The summed E-state index contributed by atoms with van der Waals surface area (Å²) < 4.78 is 0.982. The molecule has 0 spiro atoms. The van der Waals surface area contributed by atoms with Crippen molar-refractivity contribution < 1.29 is 14.7 Å². The number of halogens is 1. The summed E-state index contributed by atoms with van der Waals surface area (Å²) in [5.41, 5.74) is 1.89. The summed E-state index contributed by atoms with van der Waals surface area (Å²) in [4.78, 5) is 30.5. The Bertz CT molecular complexity index is 770. The molecule has 3 aliphatic heterocycles. The van der Waals surface area contributed by atoms with Crippen molar-refractivity contribution >= 4 is 27.5 Å². The zero-order chi connectivity index (χ0) is 17.6. The Hall–Kier alpha value is -2.32. The molecule has 0 bridgehead atoms. The first-order chi connectivity index (χ1) is 12.0. The molecule has 0 aromatic heterocycles. The van der Waals surface area contributed by atoms with Gasteiger partial charge in [0.1, 0.15) is 17.1 Å². The Morgan fingerprint density at radius 3 is 1.77 bits per heavy atom. The van der Waals surface area contributed by atoms with Gasteiger partial charge in [-0.25, -0.2) is 0 Å². The average molecular weight is 421 g/mol. The molecule has 4 aliphatic rings. The van der Waals surface area contributed by atoms with Crippen LogP contribution in [0.4, 0.5) is 0 Å². The van der Waals surface area contributed by atoms with E-state index >= 15 is 0 Å². The SMILES string of the molecule is N.O=C1C=C(N2CC2)C(=O)C(N2CC2)=C1N1CC1.Oc1ccc(Br)cc1. The van der Waals surface area contributed by atoms with Crippen LogP contribution in [0.3, 0.4) is 0 Å². The van der Waals surface area contributed by atoms with Crippen LogP contribution in [0, 0.1) is 0 Å². The van der Waals surface area contributed by atoms with E-state index in [4.69, 9.17) is 5.11 Å². The van der Waals surface area contributed by atoms with Crippen LogP contribution in [0.25, 0.3) is 0 Å². The highest BCUT2D eigenvalue weighted by Gasteiger charge is 2.43. The topological polar surface area (TPSA) is 98.4 Å². The van der Waals surface area contributed by atoms with Gasteiger partial charge in [0.2, 0.25) is 11.6 Å². The van der Waals surface area contributed by atoms with E-state index in [0.717, 1.165) is 43.7 Å².